The van der Waals surface area contributed by atoms with Crippen molar-refractivity contribution in [3.8, 4) is 6.07 Å². The van der Waals surface area contributed by atoms with Gasteiger partial charge in [0.1, 0.15) is 0 Å². The van der Waals surface area contributed by atoms with E-state index >= 15 is 0 Å². The molecule has 120 valence electrons. The van der Waals surface area contributed by atoms with Crippen LogP contribution in [0.5, 0.6) is 0 Å². The summed E-state index contributed by atoms with van der Waals surface area (Å²) in [5, 5.41) is 20.8. The minimum Gasteiger partial charge on any atom is -0.396 e. The van der Waals surface area contributed by atoms with Gasteiger partial charge in [-0.3, -0.25) is 0 Å². The topological polar surface area (TPSA) is 76.4 Å². The Morgan fingerprint density at radius 2 is 2.00 bits per heavy atom. The molecule has 5 heteroatoms. The van der Waals surface area contributed by atoms with Crippen molar-refractivity contribution in [3.05, 3.63) is 35.4 Å². The van der Waals surface area contributed by atoms with Crippen LogP contribution in [0.2, 0.25) is 0 Å². The number of rotatable bonds is 7. The molecule has 0 fully saturated rings. The first-order valence-corrected chi connectivity index (χ1v) is 7.47. The zero-order chi connectivity index (χ0) is 16.6. The Labute approximate surface area is 132 Å². The first-order chi connectivity index (χ1) is 10.4. The fourth-order valence-electron chi connectivity index (χ4n) is 2.01. The Hall–Kier alpha value is -2.06. The Morgan fingerprint density at radius 1 is 1.36 bits per heavy atom. The van der Waals surface area contributed by atoms with E-state index in [0.29, 0.717) is 18.7 Å². The normalized spacial score (nSPS) is 10.9. The van der Waals surface area contributed by atoms with Crippen LogP contribution in [0.1, 0.15) is 37.8 Å². The maximum absolute atomic E-state index is 12.0. The third-order valence-electron chi connectivity index (χ3n) is 3.58. The van der Waals surface area contributed by atoms with E-state index in [1.165, 1.54) is 0 Å². The number of hydrogen-bond acceptors (Lipinski definition) is 3. The minimum atomic E-state index is -0.119. The van der Waals surface area contributed by atoms with Gasteiger partial charge in [0.25, 0.3) is 0 Å². The highest BCUT2D eigenvalue weighted by Gasteiger charge is 2.16. The number of nitriles is 1. The van der Waals surface area contributed by atoms with Crippen LogP contribution < -0.4 is 5.32 Å². The monoisotopic (exact) mass is 303 g/mol. The number of aliphatic hydroxyl groups is 1. The summed E-state index contributed by atoms with van der Waals surface area (Å²) in [6, 6.07) is 9.15. The van der Waals surface area contributed by atoms with Gasteiger partial charge in [-0.25, -0.2) is 4.79 Å². The van der Waals surface area contributed by atoms with Crippen LogP contribution in [0.15, 0.2) is 24.3 Å². The molecule has 0 atom stereocenters. The molecule has 2 N–H and O–H groups in total. The van der Waals surface area contributed by atoms with Gasteiger partial charge in [-0.1, -0.05) is 26.0 Å². The molecule has 1 aromatic carbocycles. The molecule has 1 rings (SSSR count). The van der Waals surface area contributed by atoms with Gasteiger partial charge in [-0.2, -0.15) is 5.26 Å². The SMILES string of the molecule is CN(Cc1ccc(C#N)cc1)C(=O)NCCCC(C)(C)CO. The molecule has 22 heavy (non-hydrogen) atoms. The first kappa shape index (κ1) is 18.0. The van der Waals surface area contributed by atoms with Crippen LogP contribution in [0, 0.1) is 16.7 Å². The molecule has 1 aromatic rings. The summed E-state index contributed by atoms with van der Waals surface area (Å²) < 4.78 is 0. The molecule has 0 radical (unpaired) electrons. The second-order valence-corrected chi connectivity index (χ2v) is 6.32. The lowest BCUT2D eigenvalue weighted by molar-refractivity contribution is 0.147. The molecule has 0 aliphatic carbocycles. The first-order valence-electron chi connectivity index (χ1n) is 7.47. The lowest BCUT2D eigenvalue weighted by Crippen LogP contribution is -2.37. The fraction of sp³-hybridized carbons (Fsp3) is 0.529. The van der Waals surface area contributed by atoms with E-state index < -0.39 is 0 Å². The van der Waals surface area contributed by atoms with E-state index in [2.05, 4.69) is 11.4 Å². The summed E-state index contributed by atoms with van der Waals surface area (Å²) in [6.07, 6.45) is 1.70. The maximum atomic E-state index is 12.0. The van der Waals surface area contributed by atoms with Gasteiger partial charge < -0.3 is 15.3 Å². The van der Waals surface area contributed by atoms with Crippen LogP contribution in [0.25, 0.3) is 0 Å². The van der Waals surface area contributed by atoms with E-state index in [0.717, 1.165) is 18.4 Å². The van der Waals surface area contributed by atoms with Crippen LogP contribution in [0.3, 0.4) is 0 Å². The summed E-state index contributed by atoms with van der Waals surface area (Å²) in [4.78, 5) is 13.6. The summed E-state index contributed by atoms with van der Waals surface area (Å²) in [6.45, 7) is 5.26. The van der Waals surface area contributed by atoms with Gasteiger partial charge in [-0.15, -0.1) is 0 Å². The Balaban J connectivity index is 2.34. The molecule has 0 aliphatic rings. The molecule has 0 aromatic heterocycles. The number of amides is 2. The van der Waals surface area contributed by atoms with E-state index in [1.807, 2.05) is 26.0 Å². The second-order valence-electron chi connectivity index (χ2n) is 6.32. The van der Waals surface area contributed by atoms with Crippen molar-refractivity contribution in [2.24, 2.45) is 5.41 Å². The zero-order valence-corrected chi connectivity index (χ0v) is 13.6. The van der Waals surface area contributed by atoms with Gasteiger partial charge in [0, 0.05) is 26.7 Å². The van der Waals surface area contributed by atoms with Crippen LogP contribution in [-0.2, 0) is 6.54 Å². The molecule has 0 bridgehead atoms. The Morgan fingerprint density at radius 3 is 2.55 bits per heavy atom. The summed E-state index contributed by atoms with van der Waals surface area (Å²) in [5.41, 5.74) is 1.50. The molecule has 0 spiro atoms. The Bertz CT molecular complexity index is 518. The number of nitrogens with zero attached hydrogens (tertiary/aromatic N) is 2. The fourth-order valence-corrected chi connectivity index (χ4v) is 2.01. The number of hydrogen-bond donors (Lipinski definition) is 2. The molecular weight excluding hydrogens is 278 g/mol. The number of carbonyl (C=O) groups excluding carboxylic acids is 1. The highest BCUT2D eigenvalue weighted by atomic mass is 16.3. The zero-order valence-electron chi connectivity index (χ0n) is 13.6. The number of carbonyl (C=O) groups is 1. The molecule has 0 saturated carbocycles. The number of nitrogens with one attached hydrogen (secondary N) is 1. The highest BCUT2D eigenvalue weighted by Crippen LogP contribution is 2.20. The lowest BCUT2D eigenvalue weighted by atomic mass is 9.89. The largest absolute Gasteiger partial charge is 0.396 e. The molecule has 0 aliphatic heterocycles. The minimum absolute atomic E-state index is 0.0981. The molecular formula is C17H25N3O2. The van der Waals surface area contributed by atoms with Gasteiger partial charge >= 0.3 is 6.03 Å². The van der Waals surface area contributed by atoms with Gasteiger partial charge in [0.15, 0.2) is 0 Å². The van der Waals surface area contributed by atoms with Crippen LogP contribution >= 0.6 is 0 Å². The van der Waals surface area contributed by atoms with E-state index in [9.17, 15) is 9.90 Å². The average Bonchev–Trinajstić information content (AvgIpc) is 2.52. The van der Waals surface area contributed by atoms with Crippen molar-refractivity contribution in [2.75, 3.05) is 20.2 Å². The van der Waals surface area contributed by atoms with Gasteiger partial charge in [0.2, 0.25) is 0 Å². The predicted octanol–water partition coefficient (Wildman–Crippen LogP) is 2.50. The van der Waals surface area contributed by atoms with Crippen molar-refractivity contribution in [2.45, 2.75) is 33.2 Å². The van der Waals surface area contributed by atoms with Crippen molar-refractivity contribution in [3.63, 3.8) is 0 Å². The third kappa shape index (κ3) is 6.15. The standard InChI is InChI=1S/C17H25N3O2/c1-17(2,13-21)9-4-10-19-16(22)20(3)12-15-7-5-14(11-18)6-8-15/h5-8,21H,4,9-10,12-13H2,1-3H3,(H,19,22). The molecule has 0 saturated heterocycles. The second kappa shape index (κ2) is 8.40. The van der Waals surface area contributed by atoms with E-state index in [1.54, 1.807) is 24.1 Å². The summed E-state index contributed by atoms with van der Waals surface area (Å²) in [7, 11) is 1.74. The van der Waals surface area contributed by atoms with Crippen molar-refractivity contribution >= 4 is 6.03 Å². The molecule has 0 heterocycles. The number of aliphatic hydroxyl groups excluding tert-OH is 1. The quantitative estimate of drug-likeness (QED) is 0.760. The summed E-state index contributed by atoms with van der Waals surface area (Å²) in [5.74, 6) is 0. The van der Waals surface area contributed by atoms with Gasteiger partial charge in [-0.05, 0) is 36.0 Å². The van der Waals surface area contributed by atoms with Crippen molar-refractivity contribution in [1.29, 1.82) is 5.26 Å². The molecule has 2 amide bonds. The van der Waals surface area contributed by atoms with Gasteiger partial charge in [0.05, 0.1) is 11.6 Å². The van der Waals surface area contributed by atoms with E-state index in [4.69, 9.17) is 5.26 Å². The highest BCUT2D eigenvalue weighted by molar-refractivity contribution is 5.73. The smallest absolute Gasteiger partial charge is 0.317 e. The van der Waals surface area contributed by atoms with Crippen LogP contribution in [-0.4, -0.2) is 36.2 Å². The number of benzene rings is 1. The van der Waals surface area contributed by atoms with E-state index in [-0.39, 0.29) is 18.1 Å². The summed E-state index contributed by atoms with van der Waals surface area (Å²) >= 11 is 0. The number of urea groups is 1. The maximum Gasteiger partial charge on any atom is 0.317 e. The third-order valence-corrected chi connectivity index (χ3v) is 3.58. The average molecular weight is 303 g/mol. The van der Waals surface area contributed by atoms with Crippen molar-refractivity contribution in [1.82, 2.24) is 10.2 Å². The van der Waals surface area contributed by atoms with Crippen LogP contribution in [0.4, 0.5) is 4.79 Å². The lowest BCUT2D eigenvalue weighted by Gasteiger charge is -2.22. The Kier molecular flexibility index (Phi) is 6.87. The molecule has 5 nitrogen and oxygen atoms in total. The molecule has 0 unspecified atom stereocenters. The predicted molar refractivity (Wildman–Crippen MR) is 86.1 cm³/mol. The van der Waals surface area contributed by atoms with Crippen molar-refractivity contribution < 1.29 is 9.90 Å².